The average molecular weight is 274 g/mol. The first-order chi connectivity index (χ1) is 9.70. The number of fused-ring (bicyclic) bond motifs is 2. The molecule has 1 aromatic rings. The molecule has 5 unspecified atom stereocenters. The molecule has 1 heterocycles. The van der Waals surface area contributed by atoms with E-state index in [-0.39, 0.29) is 11.9 Å². The van der Waals surface area contributed by atoms with Crippen LogP contribution in [0.5, 0.6) is 0 Å². The van der Waals surface area contributed by atoms with Crippen molar-refractivity contribution in [3.05, 3.63) is 18.0 Å². The maximum absolute atomic E-state index is 12.1. The molecule has 108 valence electrons. The Morgan fingerprint density at radius 3 is 2.95 bits per heavy atom. The maximum Gasteiger partial charge on any atom is 0.309 e. The number of carbonyl (C=O) groups is 1. The van der Waals surface area contributed by atoms with E-state index in [9.17, 15) is 4.79 Å². The Kier molecular flexibility index (Phi) is 2.86. The zero-order chi connectivity index (χ0) is 13.7. The van der Waals surface area contributed by atoms with Gasteiger partial charge < -0.3 is 4.74 Å². The molecule has 1 aromatic heterocycles. The van der Waals surface area contributed by atoms with Crippen LogP contribution in [0.1, 0.15) is 43.6 Å². The molecule has 4 heteroatoms. The van der Waals surface area contributed by atoms with Crippen molar-refractivity contribution in [1.29, 1.82) is 0 Å². The van der Waals surface area contributed by atoms with Crippen LogP contribution in [-0.4, -0.2) is 22.4 Å². The summed E-state index contributed by atoms with van der Waals surface area (Å²) in [4.78, 5) is 12.1. The maximum atomic E-state index is 12.1. The van der Waals surface area contributed by atoms with Gasteiger partial charge in [0.15, 0.2) is 0 Å². The summed E-state index contributed by atoms with van der Waals surface area (Å²) in [6.07, 6.45) is 10.2. The molecule has 5 atom stereocenters. The summed E-state index contributed by atoms with van der Waals surface area (Å²) in [6.45, 7) is 0.663. The van der Waals surface area contributed by atoms with Crippen LogP contribution in [0.3, 0.4) is 0 Å². The van der Waals surface area contributed by atoms with Gasteiger partial charge in [0.05, 0.1) is 18.7 Å². The molecule has 0 aromatic carbocycles. The van der Waals surface area contributed by atoms with Crippen molar-refractivity contribution >= 4 is 5.97 Å². The summed E-state index contributed by atoms with van der Waals surface area (Å²) in [5.74, 6) is 2.85. The molecule has 3 fully saturated rings. The van der Waals surface area contributed by atoms with Crippen LogP contribution in [0.25, 0.3) is 0 Å². The van der Waals surface area contributed by atoms with Gasteiger partial charge in [-0.1, -0.05) is 6.42 Å². The number of aryl methyl sites for hydroxylation is 1. The van der Waals surface area contributed by atoms with Gasteiger partial charge in [0.2, 0.25) is 0 Å². The summed E-state index contributed by atoms with van der Waals surface area (Å²) in [7, 11) is 1.91. The van der Waals surface area contributed by atoms with E-state index < -0.39 is 0 Å². The highest BCUT2D eigenvalue weighted by Crippen LogP contribution is 2.50. The second kappa shape index (κ2) is 4.61. The van der Waals surface area contributed by atoms with Gasteiger partial charge in [-0.25, -0.2) is 0 Å². The molecule has 20 heavy (non-hydrogen) atoms. The highest BCUT2D eigenvalue weighted by molar-refractivity contribution is 5.77. The van der Waals surface area contributed by atoms with Crippen molar-refractivity contribution in [2.75, 3.05) is 6.61 Å². The first-order valence-electron chi connectivity index (χ1n) is 7.86. The largest absolute Gasteiger partial charge is 0.465 e. The monoisotopic (exact) mass is 274 g/mol. The second-order valence-corrected chi connectivity index (χ2v) is 6.96. The number of carbonyl (C=O) groups excluding carboxylic acids is 1. The fourth-order valence-corrected chi connectivity index (χ4v) is 4.33. The van der Waals surface area contributed by atoms with Gasteiger partial charge in [-0.3, -0.25) is 9.48 Å². The van der Waals surface area contributed by atoms with E-state index in [1.165, 1.54) is 31.2 Å². The van der Waals surface area contributed by atoms with Crippen LogP contribution in [0.2, 0.25) is 0 Å². The van der Waals surface area contributed by atoms with E-state index in [1.54, 1.807) is 4.68 Å². The Hall–Kier alpha value is -1.32. The van der Waals surface area contributed by atoms with Gasteiger partial charge in [-0.15, -0.1) is 0 Å². The number of aromatic nitrogens is 2. The van der Waals surface area contributed by atoms with E-state index in [0.29, 0.717) is 18.4 Å². The highest BCUT2D eigenvalue weighted by Gasteiger charge is 2.46. The lowest BCUT2D eigenvalue weighted by atomic mass is 9.89. The highest BCUT2D eigenvalue weighted by atomic mass is 16.5. The summed E-state index contributed by atoms with van der Waals surface area (Å²) in [5.41, 5.74) is 1.18. The summed E-state index contributed by atoms with van der Waals surface area (Å²) in [6, 6.07) is 0. The van der Waals surface area contributed by atoms with Crippen molar-refractivity contribution in [3.8, 4) is 0 Å². The van der Waals surface area contributed by atoms with Crippen LogP contribution in [-0.2, 0) is 16.6 Å². The standard InChI is InChI=1S/C16H22N2O2/c1-18-8-13(7-17-18)14-6-15(14)16(19)20-9-12-5-10-2-3-11(12)4-10/h7-8,10-12,14-15H,2-6,9H2,1H3. The van der Waals surface area contributed by atoms with Crippen molar-refractivity contribution in [3.63, 3.8) is 0 Å². The van der Waals surface area contributed by atoms with Gasteiger partial charge in [-0.05, 0) is 49.0 Å². The fourth-order valence-electron chi connectivity index (χ4n) is 4.33. The molecular weight excluding hydrogens is 252 g/mol. The Morgan fingerprint density at radius 2 is 2.30 bits per heavy atom. The normalized spacial score (nSPS) is 38.1. The minimum atomic E-state index is 0.0154. The van der Waals surface area contributed by atoms with Crippen molar-refractivity contribution in [2.45, 2.75) is 38.0 Å². The number of hydrogen-bond donors (Lipinski definition) is 0. The van der Waals surface area contributed by atoms with Gasteiger partial charge >= 0.3 is 5.97 Å². The van der Waals surface area contributed by atoms with E-state index in [1.807, 2.05) is 19.4 Å². The van der Waals surface area contributed by atoms with Gasteiger partial charge in [-0.2, -0.15) is 5.10 Å². The quantitative estimate of drug-likeness (QED) is 0.792. The Balaban J connectivity index is 1.27. The van der Waals surface area contributed by atoms with Gasteiger partial charge in [0.25, 0.3) is 0 Å². The van der Waals surface area contributed by atoms with Crippen LogP contribution in [0.15, 0.2) is 12.4 Å². The minimum absolute atomic E-state index is 0.0154. The number of nitrogens with zero attached hydrogens (tertiary/aromatic N) is 2. The first-order valence-corrected chi connectivity index (χ1v) is 7.86. The first kappa shape index (κ1) is 12.4. The average Bonchev–Trinajstić information content (AvgIpc) is 2.78. The molecule has 0 spiro atoms. The Labute approximate surface area is 119 Å². The SMILES string of the molecule is Cn1cc(C2CC2C(=O)OCC2CC3CCC2C3)cn1. The molecule has 4 nitrogen and oxygen atoms in total. The molecule has 3 aliphatic rings. The van der Waals surface area contributed by atoms with Crippen LogP contribution >= 0.6 is 0 Å². The van der Waals surface area contributed by atoms with Crippen molar-refractivity contribution in [1.82, 2.24) is 9.78 Å². The number of hydrogen-bond acceptors (Lipinski definition) is 3. The molecule has 0 saturated heterocycles. The molecule has 4 rings (SSSR count). The van der Waals surface area contributed by atoms with E-state index in [2.05, 4.69) is 5.10 Å². The van der Waals surface area contributed by atoms with E-state index >= 15 is 0 Å². The predicted octanol–water partition coefficient (Wildman–Crippen LogP) is 2.50. The summed E-state index contributed by atoms with van der Waals surface area (Å²) < 4.78 is 7.39. The molecule has 0 radical (unpaired) electrons. The van der Waals surface area contributed by atoms with E-state index in [0.717, 1.165) is 18.3 Å². The molecule has 2 bridgehead atoms. The smallest absolute Gasteiger partial charge is 0.309 e. The molecule has 0 amide bonds. The lowest BCUT2D eigenvalue weighted by Gasteiger charge is -2.21. The Bertz CT molecular complexity index is 524. The zero-order valence-electron chi connectivity index (χ0n) is 12.0. The summed E-state index contributed by atoms with van der Waals surface area (Å²) >= 11 is 0. The number of esters is 1. The molecule has 0 aliphatic heterocycles. The Morgan fingerprint density at radius 1 is 1.40 bits per heavy atom. The minimum Gasteiger partial charge on any atom is -0.465 e. The topological polar surface area (TPSA) is 44.1 Å². The van der Waals surface area contributed by atoms with Crippen LogP contribution < -0.4 is 0 Å². The third-order valence-corrected chi connectivity index (χ3v) is 5.57. The third-order valence-electron chi connectivity index (χ3n) is 5.57. The van der Waals surface area contributed by atoms with Gasteiger partial charge in [0.1, 0.15) is 0 Å². The third kappa shape index (κ3) is 2.15. The lowest BCUT2D eigenvalue weighted by Crippen LogP contribution is -2.20. The van der Waals surface area contributed by atoms with Crippen LogP contribution in [0, 0.1) is 23.7 Å². The van der Waals surface area contributed by atoms with Crippen molar-refractivity contribution < 1.29 is 9.53 Å². The summed E-state index contributed by atoms with van der Waals surface area (Å²) in [5, 5.41) is 4.17. The molecule has 3 saturated carbocycles. The zero-order valence-corrected chi connectivity index (χ0v) is 12.0. The second-order valence-electron chi connectivity index (χ2n) is 6.96. The fraction of sp³-hybridized carbons (Fsp3) is 0.750. The predicted molar refractivity (Wildman–Crippen MR) is 74.0 cm³/mol. The molecule has 0 N–H and O–H groups in total. The van der Waals surface area contributed by atoms with Gasteiger partial charge in [0, 0.05) is 19.2 Å². The lowest BCUT2D eigenvalue weighted by molar-refractivity contribution is -0.147. The van der Waals surface area contributed by atoms with Crippen molar-refractivity contribution in [2.24, 2.45) is 30.7 Å². The molecule has 3 aliphatic carbocycles. The van der Waals surface area contributed by atoms with E-state index in [4.69, 9.17) is 4.74 Å². The van der Waals surface area contributed by atoms with Crippen LogP contribution in [0.4, 0.5) is 0 Å². The molecular formula is C16H22N2O2. The number of rotatable bonds is 4. The number of ether oxygens (including phenoxy) is 1.